The monoisotopic (exact) mass is 607 g/mol. The molecule has 8 heteroatoms. The summed E-state index contributed by atoms with van der Waals surface area (Å²) in [6.45, 7) is 17.0. The van der Waals surface area contributed by atoms with Crippen LogP contribution in [0, 0.1) is 6.92 Å². The fourth-order valence-electron chi connectivity index (χ4n) is 5.34. The highest BCUT2D eigenvalue weighted by Gasteiger charge is 2.18. The number of carbonyl (C=O) groups is 1. The van der Waals surface area contributed by atoms with Crippen LogP contribution in [-0.2, 0) is 17.3 Å². The van der Waals surface area contributed by atoms with Crippen LogP contribution in [-0.4, -0.2) is 62.7 Å². The summed E-state index contributed by atoms with van der Waals surface area (Å²) in [5.41, 5.74) is 4.25. The summed E-state index contributed by atoms with van der Waals surface area (Å²) in [5.74, 6) is 0.794. The van der Waals surface area contributed by atoms with Gasteiger partial charge in [0.05, 0.1) is 21.8 Å². The third-order valence-corrected chi connectivity index (χ3v) is 9.11. The Morgan fingerprint density at radius 3 is 2.28 bits per heavy atom. The fraction of sp³-hybridized carbons (Fsp3) is 0.543. The molecule has 43 heavy (non-hydrogen) atoms. The van der Waals surface area contributed by atoms with Gasteiger partial charge >= 0.3 is 0 Å². The van der Waals surface area contributed by atoms with Crippen molar-refractivity contribution in [3.05, 3.63) is 59.5 Å². The zero-order chi connectivity index (χ0) is 31.2. The van der Waals surface area contributed by atoms with Crippen molar-refractivity contribution in [2.24, 2.45) is 0 Å². The summed E-state index contributed by atoms with van der Waals surface area (Å²) in [4.78, 5) is 23.3. The summed E-state index contributed by atoms with van der Waals surface area (Å²) in [7, 11) is 0.956. The van der Waals surface area contributed by atoms with E-state index in [-0.39, 0.29) is 5.91 Å². The molecule has 1 aromatic heterocycles. The topological polar surface area (TPSA) is 70.5 Å². The molecule has 0 bridgehead atoms. The zero-order valence-electron chi connectivity index (χ0n) is 27.2. The molecule has 1 aliphatic heterocycles. The maximum absolute atomic E-state index is 13.4. The smallest absolute Gasteiger partial charge is 0.253 e. The van der Waals surface area contributed by atoms with Gasteiger partial charge in [-0.15, -0.1) is 0 Å². The fourth-order valence-corrected chi connectivity index (χ4v) is 6.15. The molecule has 0 radical (unpaired) electrons. The van der Waals surface area contributed by atoms with Crippen LogP contribution in [0.1, 0.15) is 94.5 Å². The lowest BCUT2D eigenvalue weighted by atomic mass is 10.1. The van der Waals surface area contributed by atoms with Crippen molar-refractivity contribution in [3.63, 3.8) is 0 Å². The van der Waals surface area contributed by atoms with E-state index in [1.54, 1.807) is 0 Å². The standard InChI is InChI=1S/C28H38N4O2S.C7H15N/c1-6-10-17-31(18-11-7-2)27(33)22-13-15-24-25(19-22)32(16-8-3)28(30-24)29-23-14-12-21(5)26(20-23)35(34)9-4;1-8-6-4-2-3-5-7-8/h9,12-15,19-20H,4,6-8,10-11,16-18H2,1-3,5H3,(H,29,30);2-7H2,1H3. The molecule has 2 aromatic carbocycles. The number of likely N-dealkylation sites (tertiary alicyclic amines) is 1. The van der Waals surface area contributed by atoms with Gasteiger partial charge in [0.1, 0.15) is 0 Å². The second-order valence-electron chi connectivity index (χ2n) is 11.6. The first-order valence-electron chi connectivity index (χ1n) is 16.2. The van der Waals surface area contributed by atoms with Gasteiger partial charge in [-0.3, -0.25) is 4.79 Å². The van der Waals surface area contributed by atoms with Crippen molar-refractivity contribution in [3.8, 4) is 0 Å². The molecule has 7 nitrogen and oxygen atoms in total. The number of fused-ring (bicyclic) bond motifs is 1. The van der Waals surface area contributed by atoms with Crippen LogP contribution < -0.4 is 5.32 Å². The maximum Gasteiger partial charge on any atom is 0.253 e. The number of imidazole rings is 1. The summed E-state index contributed by atoms with van der Waals surface area (Å²) < 4.78 is 14.5. The van der Waals surface area contributed by atoms with Gasteiger partial charge < -0.3 is 19.7 Å². The van der Waals surface area contributed by atoms with Crippen LogP contribution in [0.15, 0.2) is 53.3 Å². The Morgan fingerprint density at radius 1 is 1.00 bits per heavy atom. The number of amides is 1. The molecule has 1 aliphatic rings. The minimum Gasteiger partial charge on any atom is -0.339 e. The molecule has 1 saturated heterocycles. The first-order chi connectivity index (χ1) is 20.8. The van der Waals surface area contributed by atoms with Gasteiger partial charge in [0.25, 0.3) is 5.91 Å². The van der Waals surface area contributed by atoms with Crippen LogP contribution in [0.5, 0.6) is 0 Å². The minimum absolute atomic E-state index is 0.0858. The molecule has 1 atom stereocenters. The summed E-state index contributed by atoms with van der Waals surface area (Å²) in [6.07, 6.45) is 10.8. The Bertz CT molecular complexity index is 1340. The van der Waals surface area contributed by atoms with Crippen molar-refractivity contribution >= 4 is 39.4 Å². The summed E-state index contributed by atoms with van der Waals surface area (Å²) in [6, 6.07) is 11.6. The molecule has 1 unspecified atom stereocenters. The van der Waals surface area contributed by atoms with Gasteiger partial charge in [-0.25, -0.2) is 9.19 Å². The highest BCUT2D eigenvalue weighted by molar-refractivity contribution is 7.88. The quantitative estimate of drug-likeness (QED) is 0.212. The van der Waals surface area contributed by atoms with E-state index >= 15 is 0 Å². The van der Waals surface area contributed by atoms with Gasteiger partial charge in [0.15, 0.2) is 0 Å². The lowest BCUT2D eigenvalue weighted by Gasteiger charge is -2.22. The molecule has 0 spiro atoms. The highest BCUT2D eigenvalue weighted by atomic mass is 32.2. The van der Waals surface area contributed by atoms with E-state index in [2.05, 4.69) is 49.2 Å². The van der Waals surface area contributed by atoms with E-state index in [9.17, 15) is 9.00 Å². The molecule has 1 N–H and O–H groups in total. The number of rotatable bonds is 13. The predicted octanol–water partition coefficient (Wildman–Crippen LogP) is 8.28. The molecule has 1 amide bonds. The zero-order valence-corrected chi connectivity index (χ0v) is 28.0. The van der Waals surface area contributed by atoms with Crippen molar-refractivity contribution in [1.82, 2.24) is 19.4 Å². The third-order valence-electron chi connectivity index (χ3n) is 7.93. The number of aromatic nitrogens is 2. The molecular formula is C35H53N5O2S. The number of aryl methyl sites for hydroxylation is 2. The van der Waals surface area contributed by atoms with Gasteiger partial charge in [0.2, 0.25) is 5.95 Å². The van der Waals surface area contributed by atoms with Crippen LogP contribution in [0.4, 0.5) is 11.6 Å². The minimum atomic E-state index is -1.26. The molecule has 236 valence electrons. The number of hydrogen-bond acceptors (Lipinski definition) is 5. The van der Waals surface area contributed by atoms with E-state index in [4.69, 9.17) is 4.98 Å². The molecule has 2 heterocycles. The number of benzene rings is 2. The number of nitrogens with zero attached hydrogens (tertiary/aromatic N) is 4. The van der Waals surface area contributed by atoms with Crippen LogP contribution in [0.3, 0.4) is 0 Å². The van der Waals surface area contributed by atoms with E-state index in [1.807, 2.05) is 48.2 Å². The van der Waals surface area contributed by atoms with Crippen molar-refractivity contribution < 1.29 is 9.00 Å². The van der Waals surface area contributed by atoms with Crippen molar-refractivity contribution in [1.29, 1.82) is 0 Å². The van der Waals surface area contributed by atoms with E-state index < -0.39 is 10.8 Å². The van der Waals surface area contributed by atoms with Crippen LogP contribution in [0.25, 0.3) is 11.0 Å². The SMILES string of the molecule is C=CS(=O)c1cc(Nc2nc3ccc(C(=O)N(CCCC)CCCC)cc3n2CCC)ccc1C.CN1CCCCCC1. The third kappa shape index (κ3) is 10.0. The average Bonchev–Trinajstić information content (AvgIpc) is 3.16. The number of unbranched alkanes of at least 4 members (excludes halogenated alkanes) is 2. The van der Waals surface area contributed by atoms with Gasteiger partial charge in [-0.1, -0.05) is 59.1 Å². The first kappa shape index (κ1) is 34.5. The molecule has 3 aromatic rings. The van der Waals surface area contributed by atoms with E-state index in [0.29, 0.717) is 11.5 Å². The Kier molecular flexibility index (Phi) is 14.4. The maximum atomic E-state index is 13.4. The Hall–Kier alpha value is -2.97. The molecule has 0 aliphatic carbocycles. The molecular weight excluding hydrogens is 554 g/mol. The lowest BCUT2D eigenvalue weighted by molar-refractivity contribution is 0.0751. The van der Waals surface area contributed by atoms with E-state index in [0.717, 1.165) is 78.9 Å². The summed E-state index contributed by atoms with van der Waals surface area (Å²) in [5, 5.41) is 4.85. The van der Waals surface area contributed by atoms with Crippen LogP contribution >= 0.6 is 0 Å². The first-order valence-corrected chi connectivity index (χ1v) is 17.4. The Labute approximate surface area is 262 Å². The molecule has 0 saturated carbocycles. The van der Waals surface area contributed by atoms with Crippen LogP contribution in [0.2, 0.25) is 0 Å². The number of anilines is 2. The average molecular weight is 608 g/mol. The number of nitrogens with one attached hydrogen (secondary N) is 1. The van der Waals surface area contributed by atoms with Gasteiger partial charge in [-0.2, -0.15) is 0 Å². The van der Waals surface area contributed by atoms with Crippen molar-refractivity contribution in [2.75, 3.05) is 38.5 Å². The Morgan fingerprint density at radius 2 is 1.67 bits per heavy atom. The Balaban J connectivity index is 0.000000546. The second-order valence-corrected chi connectivity index (χ2v) is 12.9. The summed E-state index contributed by atoms with van der Waals surface area (Å²) >= 11 is 0. The number of carbonyl (C=O) groups excluding carboxylic acids is 1. The largest absolute Gasteiger partial charge is 0.339 e. The molecule has 4 rings (SSSR count). The number of hydrogen-bond donors (Lipinski definition) is 1. The van der Waals surface area contributed by atoms with Crippen molar-refractivity contribution in [2.45, 2.75) is 96.9 Å². The normalized spacial score (nSPS) is 14.4. The second kappa shape index (κ2) is 18.0. The predicted molar refractivity (Wildman–Crippen MR) is 183 cm³/mol. The van der Waals surface area contributed by atoms with Gasteiger partial charge in [-0.05, 0) is 95.1 Å². The van der Waals surface area contributed by atoms with E-state index in [1.165, 1.54) is 44.2 Å². The highest BCUT2D eigenvalue weighted by Crippen LogP contribution is 2.27. The molecule has 1 fully saturated rings. The lowest BCUT2D eigenvalue weighted by Crippen LogP contribution is -2.32. The van der Waals surface area contributed by atoms with Gasteiger partial charge in [0, 0.05) is 41.2 Å².